The first-order valence-corrected chi connectivity index (χ1v) is 11.5. The Bertz CT molecular complexity index is 1220. The Kier molecular flexibility index (Phi) is 5.45. The molecule has 5 rings (SSSR count). The Balaban J connectivity index is 1.58. The average Bonchev–Trinajstić information content (AvgIpc) is 3.50. The number of aromatic nitrogens is 4. The second-order valence-corrected chi connectivity index (χ2v) is 8.94. The highest BCUT2D eigenvalue weighted by atomic mass is 32.1. The molecule has 33 heavy (non-hydrogen) atoms. The van der Waals surface area contributed by atoms with E-state index in [1.165, 1.54) is 35.8 Å². The number of carbonyl (C=O) groups excluding carboxylic acids is 2. The SMILES string of the molecule is CO[C@@H]1CC(=O)N(c2nc(-c3nc(C)ns3)n3c2[C@@H](C)N(C(=O)c2ccc(F)cc2)CC3)C1. The Morgan fingerprint density at radius 1 is 1.21 bits per heavy atom. The van der Waals surface area contributed by atoms with Crippen molar-refractivity contribution in [1.82, 2.24) is 23.8 Å². The molecule has 11 heteroatoms. The molecule has 0 unspecified atom stereocenters. The Morgan fingerprint density at radius 3 is 2.61 bits per heavy atom. The van der Waals surface area contributed by atoms with E-state index in [4.69, 9.17) is 9.72 Å². The minimum atomic E-state index is -0.393. The first kappa shape index (κ1) is 21.7. The van der Waals surface area contributed by atoms with Crippen LogP contribution in [0.4, 0.5) is 10.2 Å². The minimum absolute atomic E-state index is 0.0723. The smallest absolute Gasteiger partial charge is 0.254 e. The van der Waals surface area contributed by atoms with Crippen LogP contribution >= 0.6 is 11.5 Å². The molecule has 2 amide bonds. The highest BCUT2D eigenvalue weighted by Gasteiger charge is 2.40. The van der Waals surface area contributed by atoms with Gasteiger partial charge in [0.05, 0.1) is 30.8 Å². The number of nitrogens with zero attached hydrogens (tertiary/aromatic N) is 6. The molecule has 0 aliphatic carbocycles. The highest BCUT2D eigenvalue weighted by molar-refractivity contribution is 7.09. The third-order valence-electron chi connectivity index (χ3n) is 6.16. The van der Waals surface area contributed by atoms with Gasteiger partial charge in [-0.25, -0.2) is 14.4 Å². The van der Waals surface area contributed by atoms with Gasteiger partial charge in [0.25, 0.3) is 5.91 Å². The standard InChI is InChI=1S/C22H23FN6O3S/c1-12-18-19(29-11-16(32-3)10-17(29)30)25-20(21-24-13(2)26-33-21)28(18)9-8-27(12)22(31)14-4-6-15(23)7-5-14/h4-7,12,16H,8-11H2,1-3H3/t12-,16-/m1/s1. The van der Waals surface area contributed by atoms with Gasteiger partial charge < -0.3 is 14.2 Å². The van der Waals surface area contributed by atoms with Crippen molar-refractivity contribution in [2.24, 2.45) is 0 Å². The van der Waals surface area contributed by atoms with Gasteiger partial charge >= 0.3 is 0 Å². The van der Waals surface area contributed by atoms with Crippen LogP contribution in [0.5, 0.6) is 0 Å². The number of rotatable bonds is 4. The summed E-state index contributed by atoms with van der Waals surface area (Å²) in [7, 11) is 1.59. The molecule has 2 atom stereocenters. The second kappa shape index (κ2) is 8.31. The van der Waals surface area contributed by atoms with Crippen LogP contribution < -0.4 is 4.90 Å². The predicted molar refractivity (Wildman–Crippen MR) is 119 cm³/mol. The number of amides is 2. The molecular weight excluding hydrogens is 447 g/mol. The van der Waals surface area contributed by atoms with Crippen molar-refractivity contribution in [2.75, 3.05) is 25.1 Å². The van der Waals surface area contributed by atoms with E-state index < -0.39 is 5.82 Å². The molecule has 0 radical (unpaired) electrons. The second-order valence-electron chi connectivity index (χ2n) is 8.19. The third-order valence-corrected chi connectivity index (χ3v) is 6.97. The normalized spacial score (nSPS) is 20.4. The van der Waals surface area contributed by atoms with Gasteiger partial charge in [-0.1, -0.05) is 0 Å². The summed E-state index contributed by atoms with van der Waals surface area (Å²) >= 11 is 1.26. The quantitative estimate of drug-likeness (QED) is 0.582. The zero-order chi connectivity index (χ0) is 23.3. The van der Waals surface area contributed by atoms with Gasteiger partial charge in [0.15, 0.2) is 16.6 Å². The van der Waals surface area contributed by atoms with Crippen molar-refractivity contribution in [3.63, 3.8) is 0 Å². The predicted octanol–water partition coefficient (Wildman–Crippen LogP) is 2.82. The Labute approximate surface area is 194 Å². The van der Waals surface area contributed by atoms with E-state index in [-0.39, 0.29) is 30.4 Å². The number of aryl methyl sites for hydroxylation is 1. The van der Waals surface area contributed by atoms with Crippen LogP contribution in [0.25, 0.3) is 10.8 Å². The van der Waals surface area contributed by atoms with E-state index in [2.05, 4.69) is 9.36 Å². The van der Waals surface area contributed by atoms with Crippen LogP contribution in [0, 0.1) is 12.7 Å². The van der Waals surface area contributed by atoms with Crippen LogP contribution in [0.15, 0.2) is 24.3 Å². The molecule has 9 nitrogen and oxygen atoms in total. The largest absolute Gasteiger partial charge is 0.379 e. The van der Waals surface area contributed by atoms with E-state index in [0.717, 1.165) is 5.69 Å². The van der Waals surface area contributed by atoms with Crippen LogP contribution in [0.3, 0.4) is 0 Å². The van der Waals surface area contributed by atoms with Crippen molar-refractivity contribution >= 4 is 29.2 Å². The number of ether oxygens (including phenoxy) is 1. The fourth-order valence-corrected chi connectivity index (χ4v) is 5.13. The van der Waals surface area contributed by atoms with Gasteiger partial charge in [-0.2, -0.15) is 4.37 Å². The monoisotopic (exact) mass is 470 g/mol. The average molecular weight is 471 g/mol. The first-order chi connectivity index (χ1) is 15.9. The summed E-state index contributed by atoms with van der Waals surface area (Å²) in [6.07, 6.45) is 0.0702. The Morgan fingerprint density at radius 2 is 1.97 bits per heavy atom. The van der Waals surface area contributed by atoms with E-state index in [1.807, 2.05) is 18.4 Å². The molecule has 1 fully saturated rings. The van der Waals surface area contributed by atoms with Crippen LogP contribution in [0.1, 0.15) is 41.3 Å². The molecule has 0 N–H and O–H groups in total. The summed E-state index contributed by atoms with van der Waals surface area (Å²) in [5.41, 5.74) is 1.18. The number of anilines is 1. The molecular formula is C22H23FN6O3S. The summed E-state index contributed by atoms with van der Waals surface area (Å²) in [6, 6.07) is 5.16. The minimum Gasteiger partial charge on any atom is -0.379 e. The topological polar surface area (TPSA) is 93.5 Å². The van der Waals surface area contributed by atoms with Gasteiger partial charge in [-0.05, 0) is 49.6 Å². The number of hydrogen-bond acceptors (Lipinski definition) is 7. The highest BCUT2D eigenvalue weighted by Crippen LogP contribution is 2.39. The van der Waals surface area contributed by atoms with Crippen LogP contribution in [0.2, 0.25) is 0 Å². The van der Waals surface area contributed by atoms with Crippen molar-refractivity contribution in [3.8, 4) is 10.8 Å². The van der Waals surface area contributed by atoms with Crippen LogP contribution in [-0.2, 0) is 16.1 Å². The number of halogens is 1. The maximum absolute atomic E-state index is 13.4. The first-order valence-electron chi connectivity index (χ1n) is 10.7. The molecule has 1 saturated heterocycles. The number of imidazole rings is 1. The number of benzene rings is 1. The summed E-state index contributed by atoms with van der Waals surface area (Å²) in [4.78, 5) is 38.8. The maximum atomic E-state index is 13.4. The number of fused-ring (bicyclic) bond motifs is 1. The summed E-state index contributed by atoms with van der Waals surface area (Å²) in [5, 5.41) is 0.667. The molecule has 0 spiro atoms. The van der Waals surface area contributed by atoms with E-state index in [9.17, 15) is 14.0 Å². The lowest BCUT2D eigenvalue weighted by atomic mass is 10.1. The number of hydrogen-bond donors (Lipinski definition) is 0. The van der Waals surface area contributed by atoms with Gasteiger partial charge in [-0.15, -0.1) is 0 Å². The van der Waals surface area contributed by atoms with Crippen molar-refractivity contribution in [1.29, 1.82) is 0 Å². The molecule has 1 aromatic carbocycles. The van der Waals surface area contributed by atoms with Crippen molar-refractivity contribution < 1.29 is 18.7 Å². The van der Waals surface area contributed by atoms with E-state index in [0.29, 0.717) is 47.7 Å². The number of carbonyl (C=O) groups is 2. The molecule has 2 aliphatic rings. The lowest BCUT2D eigenvalue weighted by Gasteiger charge is -2.36. The van der Waals surface area contributed by atoms with E-state index >= 15 is 0 Å². The van der Waals surface area contributed by atoms with Gasteiger partial charge in [0.1, 0.15) is 11.6 Å². The molecule has 4 heterocycles. The zero-order valence-electron chi connectivity index (χ0n) is 18.5. The maximum Gasteiger partial charge on any atom is 0.254 e. The summed E-state index contributed by atoms with van der Waals surface area (Å²) in [6.45, 7) is 5.07. The lowest BCUT2D eigenvalue weighted by Crippen LogP contribution is -2.42. The molecule has 0 bridgehead atoms. The molecule has 172 valence electrons. The van der Waals surface area contributed by atoms with Gasteiger partial charge in [0, 0.05) is 25.8 Å². The fraction of sp³-hybridized carbons (Fsp3) is 0.409. The van der Waals surface area contributed by atoms with Gasteiger partial charge in [0.2, 0.25) is 5.91 Å². The van der Waals surface area contributed by atoms with Crippen molar-refractivity contribution in [2.45, 2.75) is 39.0 Å². The number of methoxy groups -OCH3 is 1. The van der Waals surface area contributed by atoms with E-state index in [1.54, 1.807) is 16.9 Å². The molecule has 2 aromatic heterocycles. The fourth-order valence-electron chi connectivity index (χ4n) is 4.46. The zero-order valence-corrected chi connectivity index (χ0v) is 19.3. The Hall–Kier alpha value is -3.18. The lowest BCUT2D eigenvalue weighted by molar-refractivity contribution is -0.117. The van der Waals surface area contributed by atoms with Gasteiger partial charge in [-0.3, -0.25) is 14.5 Å². The van der Waals surface area contributed by atoms with Crippen LogP contribution in [-0.4, -0.2) is 61.9 Å². The molecule has 0 saturated carbocycles. The third kappa shape index (κ3) is 3.70. The summed E-state index contributed by atoms with van der Waals surface area (Å²) in [5.74, 6) is 1.15. The molecule has 3 aromatic rings. The summed E-state index contributed by atoms with van der Waals surface area (Å²) < 4.78 is 25.1. The van der Waals surface area contributed by atoms with Crippen molar-refractivity contribution in [3.05, 3.63) is 47.2 Å². The molecule has 2 aliphatic heterocycles.